The van der Waals surface area contributed by atoms with E-state index in [1.54, 1.807) is 17.7 Å². The number of aromatic nitrogens is 2. The number of carboxylic acids is 1. The summed E-state index contributed by atoms with van der Waals surface area (Å²) in [4.78, 5) is 23.1. The molecule has 2 unspecified atom stereocenters. The van der Waals surface area contributed by atoms with E-state index < -0.39 is 5.97 Å². The largest absolute Gasteiger partial charge is 0.550 e. The Morgan fingerprint density at radius 3 is 2.81 bits per heavy atom. The molecule has 2 aliphatic heterocycles. The fourth-order valence-electron chi connectivity index (χ4n) is 4.02. The van der Waals surface area contributed by atoms with Gasteiger partial charge in [-0.25, -0.2) is 9.97 Å². The van der Waals surface area contributed by atoms with Crippen LogP contribution in [0.3, 0.4) is 0 Å². The molecule has 6 heteroatoms. The van der Waals surface area contributed by atoms with Gasteiger partial charge in [-0.3, -0.25) is 0 Å². The standard InChI is InChI=1S/C15H17N3O2S/c19-13(20)7-9-5-10-1-2-11(6-9)18(10)14-12-3-4-21-15(12)17-8-16-14/h3-4,8-11H,1-2,5-7H2,(H,19,20)/p-1. The van der Waals surface area contributed by atoms with Crippen molar-refractivity contribution >= 4 is 33.3 Å². The number of nitrogens with zero attached hydrogens (tertiary/aromatic N) is 3. The third-order valence-corrected chi connectivity index (χ3v) is 5.59. The first kappa shape index (κ1) is 13.0. The molecule has 21 heavy (non-hydrogen) atoms. The summed E-state index contributed by atoms with van der Waals surface area (Å²) in [6.45, 7) is 0. The second-order valence-electron chi connectivity index (χ2n) is 6.04. The van der Waals surface area contributed by atoms with Gasteiger partial charge in [0.05, 0.1) is 5.39 Å². The molecule has 2 saturated heterocycles. The van der Waals surface area contributed by atoms with Crippen molar-refractivity contribution < 1.29 is 9.90 Å². The summed E-state index contributed by atoms with van der Waals surface area (Å²) in [5.74, 6) is 0.360. The molecule has 2 bridgehead atoms. The SMILES string of the molecule is O=C([O-])CC1CC2CCC(C1)N2c1ncnc2sccc12. The van der Waals surface area contributed by atoms with Gasteiger partial charge in [0.25, 0.3) is 0 Å². The third-order valence-electron chi connectivity index (χ3n) is 4.77. The van der Waals surface area contributed by atoms with E-state index in [2.05, 4.69) is 20.9 Å². The van der Waals surface area contributed by atoms with E-state index in [-0.39, 0.29) is 12.3 Å². The highest BCUT2D eigenvalue weighted by atomic mass is 32.1. The van der Waals surface area contributed by atoms with Crippen molar-refractivity contribution in [3.05, 3.63) is 17.8 Å². The quantitative estimate of drug-likeness (QED) is 0.861. The van der Waals surface area contributed by atoms with E-state index in [0.717, 1.165) is 41.7 Å². The molecular weight excluding hydrogens is 286 g/mol. The zero-order chi connectivity index (χ0) is 14.4. The number of carboxylic acid groups (broad SMARTS) is 1. The van der Waals surface area contributed by atoms with E-state index >= 15 is 0 Å². The first-order valence-corrected chi connectivity index (χ1v) is 8.26. The van der Waals surface area contributed by atoms with E-state index in [9.17, 15) is 9.90 Å². The van der Waals surface area contributed by atoms with Crippen molar-refractivity contribution in [1.82, 2.24) is 9.97 Å². The Kier molecular flexibility index (Phi) is 3.06. The van der Waals surface area contributed by atoms with Gasteiger partial charge in [0, 0.05) is 18.1 Å². The highest BCUT2D eigenvalue weighted by Gasteiger charge is 2.41. The minimum atomic E-state index is -0.921. The smallest absolute Gasteiger partial charge is 0.141 e. The van der Waals surface area contributed by atoms with Crippen LogP contribution in [0.5, 0.6) is 0 Å². The topological polar surface area (TPSA) is 69.2 Å². The number of piperidine rings is 1. The molecule has 110 valence electrons. The lowest BCUT2D eigenvalue weighted by Gasteiger charge is -2.40. The fourth-order valence-corrected chi connectivity index (χ4v) is 4.75. The van der Waals surface area contributed by atoms with Gasteiger partial charge in [0.1, 0.15) is 17.0 Å². The number of carbonyl (C=O) groups excluding carboxylic acids is 1. The fraction of sp³-hybridized carbons (Fsp3) is 0.533. The van der Waals surface area contributed by atoms with Crippen LogP contribution in [0.25, 0.3) is 10.2 Å². The Hall–Kier alpha value is -1.69. The third kappa shape index (κ3) is 2.18. The molecule has 2 aromatic rings. The minimum Gasteiger partial charge on any atom is -0.550 e. The van der Waals surface area contributed by atoms with Crippen molar-refractivity contribution in [3.8, 4) is 0 Å². The number of aliphatic carboxylic acids is 1. The van der Waals surface area contributed by atoms with Crippen LogP contribution < -0.4 is 10.0 Å². The summed E-state index contributed by atoms with van der Waals surface area (Å²) in [5, 5.41) is 14.0. The molecule has 0 saturated carbocycles. The monoisotopic (exact) mass is 302 g/mol. The molecular formula is C15H16N3O2S-. The molecule has 2 aliphatic rings. The molecule has 0 spiro atoms. The van der Waals surface area contributed by atoms with Crippen molar-refractivity contribution in [2.24, 2.45) is 5.92 Å². The molecule has 0 amide bonds. The Bertz CT molecular complexity index is 672. The zero-order valence-corrected chi connectivity index (χ0v) is 12.4. The molecule has 4 rings (SSSR count). The van der Waals surface area contributed by atoms with Crippen LogP contribution in [0.15, 0.2) is 17.8 Å². The first-order valence-electron chi connectivity index (χ1n) is 7.38. The Labute approximate surface area is 126 Å². The summed E-state index contributed by atoms with van der Waals surface area (Å²) in [5.41, 5.74) is 0. The van der Waals surface area contributed by atoms with Crippen LogP contribution in [0.1, 0.15) is 32.1 Å². The van der Waals surface area contributed by atoms with Gasteiger partial charge < -0.3 is 14.8 Å². The van der Waals surface area contributed by atoms with Crippen LogP contribution in [-0.4, -0.2) is 28.0 Å². The van der Waals surface area contributed by atoms with E-state index in [1.807, 2.05) is 5.38 Å². The van der Waals surface area contributed by atoms with Crippen LogP contribution in [-0.2, 0) is 4.79 Å². The van der Waals surface area contributed by atoms with Gasteiger partial charge >= 0.3 is 0 Å². The van der Waals surface area contributed by atoms with Gasteiger partial charge in [-0.05, 0) is 49.5 Å². The number of rotatable bonds is 3. The van der Waals surface area contributed by atoms with Crippen LogP contribution in [0, 0.1) is 5.92 Å². The molecule has 0 radical (unpaired) electrons. The molecule has 2 aromatic heterocycles. The van der Waals surface area contributed by atoms with Crippen molar-refractivity contribution in [2.75, 3.05) is 4.90 Å². The van der Waals surface area contributed by atoms with Gasteiger partial charge in [0.2, 0.25) is 0 Å². The highest BCUT2D eigenvalue weighted by molar-refractivity contribution is 7.16. The lowest BCUT2D eigenvalue weighted by atomic mass is 9.88. The van der Waals surface area contributed by atoms with E-state index in [0.29, 0.717) is 12.1 Å². The van der Waals surface area contributed by atoms with Crippen LogP contribution in [0.2, 0.25) is 0 Å². The average Bonchev–Trinajstić information content (AvgIpc) is 3.01. The lowest BCUT2D eigenvalue weighted by molar-refractivity contribution is -0.307. The minimum absolute atomic E-state index is 0.193. The van der Waals surface area contributed by atoms with Gasteiger partial charge in [0.15, 0.2) is 0 Å². The molecule has 5 nitrogen and oxygen atoms in total. The van der Waals surface area contributed by atoms with Gasteiger partial charge in [-0.2, -0.15) is 0 Å². The van der Waals surface area contributed by atoms with Crippen molar-refractivity contribution in [1.29, 1.82) is 0 Å². The molecule has 4 heterocycles. The number of fused-ring (bicyclic) bond motifs is 3. The van der Waals surface area contributed by atoms with Crippen molar-refractivity contribution in [2.45, 2.75) is 44.2 Å². The second kappa shape index (κ2) is 4.94. The van der Waals surface area contributed by atoms with E-state index in [4.69, 9.17) is 0 Å². The molecule has 0 aliphatic carbocycles. The molecule has 2 fully saturated rings. The summed E-state index contributed by atoms with van der Waals surface area (Å²) in [6.07, 6.45) is 5.95. The maximum absolute atomic E-state index is 10.8. The average molecular weight is 302 g/mol. The van der Waals surface area contributed by atoms with E-state index in [1.165, 1.54) is 0 Å². The predicted molar refractivity (Wildman–Crippen MR) is 79.1 cm³/mol. The maximum Gasteiger partial charge on any atom is 0.141 e. The van der Waals surface area contributed by atoms with Crippen molar-refractivity contribution in [3.63, 3.8) is 0 Å². The maximum atomic E-state index is 10.8. The number of thiophene rings is 1. The Morgan fingerprint density at radius 2 is 2.10 bits per heavy atom. The highest BCUT2D eigenvalue weighted by Crippen LogP contribution is 2.43. The number of carbonyl (C=O) groups is 1. The normalized spacial score (nSPS) is 28.2. The summed E-state index contributed by atoms with van der Waals surface area (Å²) < 4.78 is 0. The van der Waals surface area contributed by atoms with Gasteiger partial charge in [-0.1, -0.05) is 0 Å². The summed E-state index contributed by atoms with van der Waals surface area (Å²) in [7, 11) is 0. The lowest BCUT2D eigenvalue weighted by Crippen LogP contribution is -2.44. The molecule has 2 atom stereocenters. The summed E-state index contributed by atoms with van der Waals surface area (Å²) in [6, 6.07) is 2.90. The number of anilines is 1. The Balaban J connectivity index is 1.65. The first-order chi connectivity index (χ1) is 10.2. The molecule has 0 aromatic carbocycles. The van der Waals surface area contributed by atoms with Gasteiger partial charge in [-0.15, -0.1) is 11.3 Å². The number of hydrogen-bond acceptors (Lipinski definition) is 6. The van der Waals surface area contributed by atoms with Crippen LogP contribution in [0.4, 0.5) is 5.82 Å². The van der Waals surface area contributed by atoms with Crippen LogP contribution >= 0.6 is 11.3 Å². The zero-order valence-electron chi connectivity index (χ0n) is 11.6. The Morgan fingerprint density at radius 1 is 1.33 bits per heavy atom. The number of hydrogen-bond donors (Lipinski definition) is 0. The summed E-state index contributed by atoms with van der Waals surface area (Å²) >= 11 is 1.63. The molecule has 0 N–H and O–H groups in total. The predicted octanol–water partition coefficient (Wildman–Crippen LogP) is 1.58. The second-order valence-corrected chi connectivity index (χ2v) is 6.94.